The minimum Gasteiger partial charge on any atom is -0.457 e. The Balaban J connectivity index is 0.00000204. The van der Waals surface area contributed by atoms with Gasteiger partial charge in [0, 0.05) is 25.0 Å². The fourth-order valence-corrected chi connectivity index (χ4v) is 3.61. The van der Waals surface area contributed by atoms with Crippen LogP contribution in [-0.4, -0.2) is 21.1 Å². The average Bonchev–Trinajstić information content (AvgIpc) is 3.19. The zero-order valence-electron chi connectivity index (χ0n) is 19.6. The second-order valence-corrected chi connectivity index (χ2v) is 8.09. The molecule has 4 rings (SSSR count). The second-order valence-electron chi connectivity index (χ2n) is 8.09. The number of hydrogen-bond acceptors (Lipinski definition) is 5. The lowest BCUT2D eigenvalue weighted by molar-refractivity contribution is 0.478. The maximum Gasteiger partial charge on any atom is 0.158 e. The SMILES string of the molecule is CC(C)=CCc1cccc(Oc2ccc(Nc3ncnc4ccn(CCN)c34)cc2C)c1.Cl.Cl. The van der Waals surface area contributed by atoms with Crippen molar-refractivity contribution in [2.24, 2.45) is 5.73 Å². The van der Waals surface area contributed by atoms with E-state index in [1.165, 1.54) is 11.1 Å². The maximum atomic E-state index is 6.18. The van der Waals surface area contributed by atoms with Gasteiger partial charge < -0.3 is 20.4 Å². The zero-order chi connectivity index (χ0) is 22.5. The van der Waals surface area contributed by atoms with Gasteiger partial charge in [-0.05, 0) is 74.7 Å². The Bertz CT molecular complexity index is 1270. The number of fused-ring (bicyclic) bond motifs is 1. The molecule has 0 amide bonds. The van der Waals surface area contributed by atoms with Crippen LogP contribution in [-0.2, 0) is 13.0 Å². The van der Waals surface area contributed by atoms with Crippen LogP contribution in [0.5, 0.6) is 11.5 Å². The summed E-state index contributed by atoms with van der Waals surface area (Å²) in [4.78, 5) is 8.82. The number of aromatic nitrogens is 3. The number of aryl methyl sites for hydroxylation is 1. The summed E-state index contributed by atoms with van der Waals surface area (Å²) in [6, 6.07) is 16.3. The number of rotatable bonds is 8. The molecule has 6 nitrogen and oxygen atoms in total. The molecule has 0 aliphatic heterocycles. The van der Waals surface area contributed by atoms with Crippen molar-refractivity contribution in [1.82, 2.24) is 14.5 Å². The van der Waals surface area contributed by atoms with Gasteiger partial charge >= 0.3 is 0 Å². The monoisotopic (exact) mass is 499 g/mol. The van der Waals surface area contributed by atoms with E-state index >= 15 is 0 Å². The summed E-state index contributed by atoms with van der Waals surface area (Å²) in [5.74, 6) is 2.42. The van der Waals surface area contributed by atoms with Gasteiger partial charge in [-0.1, -0.05) is 23.8 Å². The number of allylic oxidation sites excluding steroid dienone is 2. The van der Waals surface area contributed by atoms with Crippen molar-refractivity contribution in [1.29, 1.82) is 0 Å². The smallest absolute Gasteiger partial charge is 0.158 e. The largest absolute Gasteiger partial charge is 0.457 e. The molecule has 4 aromatic rings. The molecule has 3 N–H and O–H groups in total. The second kappa shape index (κ2) is 12.4. The fourth-order valence-electron chi connectivity index (χ4n) is 3.61. The molecule has 34 heavy (non-hydrogen) atoms. The van der Waals surface area contributed by atoms with E-state index in [9.17, 15) is 0 Å². The van der Waals surface area contributed by atoms with Crippen LogP contribution in [0.1, 0.15) is 25.0 Å². The van der Waals surface area contributed by atoms with Gasteiger partial charge in [0.25, 0.3) is 0 Å². The van der Waals surface area contributed by atoms with Crippen LogP contribution in [0.2, 0.25) is 0 Å². The van der Waals surface area contributed by atoms with Crippen LogP contribution in [0.25, 0.3) is 11.0 Å². The van der Waals surface area contributed by atoms with Crippen molar-refractivity contribution in [3.05, 3.63) is 83.8 Å². The molecule has 0 aliphatic rings. The van der Waals surface area contributed by atoms with E-state index in [1.807, 2.05) is 43.5 Å². The van der Waals surface area contributed by atoms with Crippen molar-refractivity contribution >= 4 is 47.4 Å². The predicted octanol–water partition coefficient (Wildman–Crippen LogP) is 6.59. The molecule has 0 aliphatic carbocycles. The number of nitrogens with zero attached hydrogens (tertiary/aromatic N) is 3. The van der Waals surface area contributed by atoms with E-state index < -0.39 is 0 Å². The number of benzene rings is 2. The maximum absolute atomic E-state index is 6.18. The first-order valence-corrected chi connectivity index (χ1v) is 10.8. The highest BCUT2D eigenvalue weighted by Gasteiger charge is 2.10. The predicted molar refractivity (Wildman–Crippen MR) is 145 cm³/mol. The van der Waals surface area contributed by atoms with Crippen LogP contribution in [0, 0.1) is 6.92 Å². The van der Waals surface area contributed by atoms with E-state index in [2.05, 4.69) is 58.0 Å². The van der Waals surface area contributed by atoms with Gasteiger partial charge in [-0.15, -0.1) is 24.8 Å². The molecular formula is C26H31Cl2N5O. The van der Waals surface area contributed by atoms with Gasteiger partial charge in [-0.2, -0.15) is 0 Å². The first kappa shape index (κ1) is 27.2. The summed E-state index contributed by atoms with van der Waals surface area (Å²) in [5, 5.41) is 3.43. The summed E-state index contributed by atoms with van der Waals surface area (Å²) >= 11 is 0. The molecule has 2 aromatic carbocycles. The van der Waals surface area contributed by atoms with Gasteiger partial charge in [-0.3, -0.25) is 0 Å². The third kappa shape index (κ3) is 6.50. The molecule has 0 unspecified atom stereocenters. The Morgan fingerprint density at radius 1 is 1.09 bits per heavy atom. The van der Waals surface area contributed by atoms with Gasteiger partial charge in [0.2, 0.25) is 0 Å². The van der Waals surface area contributed by atoms with Crippen molar-refractivity contribution < 1.29 is 4.74 Å². The Kier molecular flexibility index (Phi) is 9.93. The van der Waals surface area contributed by atoms with E-state index in [0.717, 1.165) is 46.0 Å². The highest BCUT2D eigenvalue weighted by atomic mass is 35.5. The van der Waals surface area contributed by atoms with Crippen LogP contribution < -0.4 is 15.8 Å². The lowest BCUT2D eigenvalue weighted by atomic mass is 10.1. The molecule has 2 aromatic heterocycles. The zero-order valence-corrected chi connectivity index (χ0v) is 21.2. The normalized spacial score (nSPS) is 10.2. The fraction of sp³-hybridized carbons (Fsp3) is 0.231. The number of nitrogens with one attached hydrogen (secondary N) is 1. The quantitative estimate of drug-likeness (QED) is 0.267. The Labute approximate surface area is 213 Å². The highest BCUT2D eigenvalue weighted by Crippen LogP contribution is 2.30. The van der Waals surface area contributed by atoms with Gasteiger partial charge in [-0.25, -0.2) is 9.97 Å². The topological polar surface area (TPSA) is 78.0 Å². The molecule has 0 fully saturated rings. The minimum atomic E-state index is 0. The van der Waals surface area contributed by atoms with Crippen LogP contribution in [0.15, 0.2) is 72.7 Å². The van der Waals surface area contributed by atoms with E-state index in [1.54, 1.807) is 6.33 Å². The van der Waals surface area contributed by atoms with E-state index in [-0.39, 0.29) is 24.8 Å². The molecule has 0 atom stereocenters. The molecule has 0 bridgehead atoms. The summed E-state index contributed by atoms with van der Waals surface area (Å²) < 4.78 is 8.25. The van der Waals surface area contributed by atoms with Crippen molar-refractivity contribution in [3.8, 4) is 11.5 Å². The van der Waals surface area contributed by atoms with E-state index in [4.69, 9.17) is 10.5 Å². The summed E-state index contributed by atoms with van der Waals surface area (Å²) in [5.41, 5.74) is 12.1. The Hall–Kier alpha value is -3.06. The number of hydrogen-bond donors (Lipinski definition) is 2. The molecule has 0 radical (unpaired) electrons. The third-order valence-corrected chi connectivity index (χ3v) is 5.23. The molecule has 0 spiro atoms. The first-order valence-electron chi connectivity index (χ1n) is 10.8. The molecule has 2 heterocycles. The highest BCUT2D eigenvalue weighted by molar-refractivity contribution is 5.88. The Morgan fingerprint density at radius 2 is 1.91 bits per heavy atom. The van der Waals surface area contributed by atoms with Crippen LogP contribution in [0.4, 0.5) is 11.5 Å². The number of ether oxygens (including phenoxy) is 1. The standard InChI is InChI=1S/C26H29N5O.2ClH/c1-18(2)7-8-20-5-4-6-22(16-20)32-24-10-9-21(15-19(24)3)30-26-25-23(28-17-29-26)11-13-31(25)14-12-27;;/h4-7,9-11,13,15-17H,8,12,14,27H2,1-3H3,(H,28,29,30);2*1H. The lowest BCUT2D eigenvalue weighted by Gasteiger charge is -2.13. The van der Waals surface area contributed by atoms with Crippen molar-refractivity contribution in [2.45, 2.75) is 33.7 Å². The number of anilines is 2. The number of halogens is 2. The molecule has 0 saturated carbocycles. The first-order chi connectivity index (χ1) is 15.5. The minimum absolute atomic E-state index is 0. The Morgan fingerprint density at radius 3 is 2.65 bits per heavy atom. The number of nitrogens with two attached hydrogens (primary N) is 1. The molecule has 0 saturated heterocycles. The summed E-state index contributed by atoms with van der Waals surface area (Å²) in [6.45, 7) is 7.53. The van der Waals surface area contributed by atoms with Gasteiger partial charge in [0.1, 0.15) is 23.3 Å². The van der Waals surface area contributed by atoms with Gasteiger partial charge in [0.15, 0.2) is 5.82 Å². The van der Waals surface area contributed by atoms with Crippen LogP contribution in [0.3, 0.4) is 0 Å². The van der Waals surface area contributed by atoms with Crippen LogP contribution >= 0.6 is 24.8 Å². The molecule has 8 heteroatoms. The summed E-state index contributed by atoms with van der Waals surface area (Å²) in [6.07, 6.45) is 6.69. The summed E-state index contributed by atoms with van der Waals surface area (Å²) in [7, 11) is 0. The van der Waals surface area contributed by atoms with Gasteiger partial charge in [0.05, 0.1) is 5.52 Å². The third-order valence-electron chi connectivity index (χ3n) is 5.23. The lowest BCUT2D eigenvalue weighted by Crippen LogP contribution is -2.10. The van der Waals surface area contributed by atoms with Crippen molar-refractivity contribution in [3.63, 3.8) is 0 Å². The average molecular weight is 500 g/mol. The molecule has 180 valence electrons. The molecular weight excluding hydrogens is 469 g/mol. The van der Waals surface area contributed by atoms with E-state index in [0.29, 0.717) is 13.1 Å². The van der Waals surface area contributed by atoms with Crippen molar-refractivity contribution in [2.75, 3.05) is 11.9 Å².